The minimum absolute atomic E-state index is 0. The van der Waals surface area contributed by atoms with E-state index in [2.05, 4.69) is 6.92 Å². The van der Waals surface area contributed by atoms with E-state index in [1.165, 1.54) is 81.9 Å². The summed E-state index contributed by atoms with van der Waals surface area (Å²) in [5.41, 5.74) is 3.70. The zero-order chi connectivity index (χ0) is 18.6. The molecule has 0 spiro atoms. The van der Waals surface area contributed by atoms with Crippen LogP contribution in [0.3, 0.4) is 0 Å². The molecule has 3 rings (SSSR count). The molecule has 6 heteroatoms. The average molecular weight is 419 g/mol. The summed E-state index contributed by atoms with van der Waals surface area (Å²) in [7, 11) is -4.34. The molecule has 1 unspecified atom stereocenters. The van der Waals surface area contributed by atoms with E-state index in [1.807, 2.05) is 12.1 Å². The third-order valence-electron chi connectivity index (χ3n) is 6.24. The SMILES string of the molecule is CC(Cc1ccc(S(=O)(=O)[O-])cc1)P(C1CCCCC1)C1CCCCC1.[Na+]. The van der Waals surface area contributed by atoms with E-state index in [0.29, 0.717) is 5.66 Å². The van der Waals surface area contributed by atoms with Crippen molar-refractivity contribution < 1.29 is 42.5 Å². The molecule has 2 aliphatic carbocycles. The third-order valence-corrected chi connectivity index (χ3v) is 11.0. The van der Waals surface area contributed by atoms with Gasteiger partial charge in [0.05, 0.1) is 4.90 Å². The van der Waals surface area contributed by atoms with Gasteiger partial charge in [-0.05, 0) is 66.8 Å². The Morgan fingerprint density at radius 3 is 1.78 bits per heavy atom. The Morgan fingerprint density at radius 2 is 1.37 bits per heavy atom. The van der Waals surface area contributed by atoms with Crippen molar-refractivity contribution in [2.75, 3.05) is 0 Å². The fourth-order valence-corrected chi connectivity index (χ4v) is 9.86. The molecule has 0 saturated heterocycles. The number of rotatable bonds is 6. The Hall–Kier alpha value is 0.560. The van der Waals surface area contributed by atoms with Gasteiger partial charge in [0.2, 0.25) is 0 Å². The van der Waals surface area contributed by atoms with Gasteiger partial charge in [0.25, 0.3) is 0 Å². The van der Waals surface area contributed by atoms with E-state index in [4.69, 9.17) is 0 Å². The van der Waals surface area contributed by atoms with Crippen LogP contribution in [-0.4, -0.2) is 29.9 Å². The number of hydrogen-bond donors (Lipinski definition) is 0. The molecule has 2 saturated carbocycles. The largest absolute Gasteiger partial charge is 1.00 e. The van der Waals surface area contributed by atoms with Gasteiger partial charge in [-0.3, -0.25) is 0 Å². The molecule has 0 heterocycles. The molecule has 3 nitrogen and oxygen atoms in total. The quantitative estimate of drug-likeness (QED) is 0.406. The number of hydrogen-bond acceptors (Lipinski definition) is 3. The maximum Gasteiger partial charge on any atom is 1.00 e. The molecule has 0 bridgehead atoms. The van der Waals surface area contributed by atoms with Gasteiger partial charge in [-0.1, -0.05) is 65.5 Å². The standard InChI is InChI=1S/C21H33O3PS.Na/c1-17(16-18-12-14-21(15-13-18)26(22,23)24)25(19-8-4-2-5-9-19)20-10-6-3-7-11-20;/h12-15,17,19-20H,2-11,16H2,1H3,(H,22,23,24);/q;+1/p-1. The van der Waals surface area contributed by atoms with Crippen LogP contribution in [0.2, 0.25) is 0 Å². The van der Waals surface area contributed by atoms with Gasteiger partial charge in [0.15, 0.2) is 0 Å². The van der Waals surface area contributed by atoms with Gasteiger partial charge in [-0.15, -0.1) is 0 Å². The fraction of sp³-hybridized carbons (Fsp3) is 0.714. The van der Waals surface area contributed by atoms with Crippen LogP contribution in [0.4, 0.5) is 0 Å². The summed E-state index contributed by atoms with van der Waals surface area (Å²) >= 11 is 0. The molecular formula is C21H32NaO3PS. The Labute approximate surface area is 188 Å². The van der Waals surface area contributed by atoms with E-state index >= 15 is 0 Å². The van der Waals surface area contributed by atoms with Crippen LogP contribution in [0, 0.1) is 0 Å². The molecule has 1 aromatic rings. The molecule has 1 aromatic carbocycles. The second kappa shape index (κ2) is 11.1. The first-order valence-electron chi connectivity index (χ1n) is 10.3. The van der Waals surface area contributed by atoms with Crippen molar-refractivity contribution in [3.63, 3.8) is 0 Å². The number of benzene rings is 1. The zero-order valence-corrected chi connectivity index (χ0v) is 20.6. The molecule has 0 aromatic heterocycles. The first-order valence-corrected chi connectivity index (χ1v) is 13.2. The summed E-state index contributed by atoms with van der Waals surface area (Å²) in [5, 5.41) is 0. The molecule has 1 atom stereocenters. The second-order valence-corrected chi connectivity index (χ2v) is 12.8. The van der Waals surface area contributed by atoms with Gasteiger partial charge >= 0.3 is 29.6 Å². The van der Waals surface area contributed by atoms with E-state index in [-0.39, 0.29) is 42.4 Å². The van der Waals surface area contributed by atoms with Gasteiger partial charge < -0.3 is 4.55 Å². The van der Waals surface area contributed by atoms with Crippen LogP contribution in [0.15, 0.2) is 29.2 Å². The van der Waals surface area contributed by atoms with E-state index in [9.17, 15) is 13.0 Å². The van der Waals surface area contributed by atoms with Crippen molar-refractivity contribution in [3.05, 3.63) is 29.8 Å². The molecule has 0 N–H and O–H groups in total. The van der Waals surface area contributed by atoms with Gasteiger partial charge in [0, 0.05) is 0 Å². The monoisotopic (exact) mass is 418 g/mol. The smallest absolute Gasteiger partial charge is 0.744 e. The van der Waals surface area contributed by atoms with Crippen molar-refractivity contribution in [1.82, 2.24) is 0 Å². The summed E-state index contributed by atoms with van der Waals surface area (Å²) in [6.45, 7) is 2.42. The molecule has 0 amide bonds. The van der Waals surface area contributed by atoms with Crippen LogP contribution in [0.1, 0.15) is 76.7 Å². The fourth-order valence-electron chi connectivity index (χ4n) is 5.02. The third kappa shape index (κ3) is 6.79. The Bertz CT molecular complexity index is 647. The van der Waals surface area contributed by atoms with Crippen molar-refractivity contribution >= 4 is 18.0 Å². The van der Waals surface area contributed by atoms with Crippen molar-refractivity contribution in [3.8, 4) is 0 Å². The Morgan fingerprint density at radius 1 is 0.926 bits per heavy atom. The molecule has 2 aliphatic rings. The second-order valence-electron chi connectivity index (χ2n) is 8.18. The van der Waals surface area contributed by atoms with Crippen LogP contribution in [-0.2, 0) is 16.5 Å². The van der Waals surface area contributed by atoms with Gasteiger partial charge in [0.1, 0.15) is 10.1 Å². The minimum Gasteiger partial charge on any atom is -0.744 e. The van der Waals surface area contributed by atoms with E-state index in [0.717, 1.165) is 17.7 Å². The van der Waals surface area contributed by atoms with Crippen molar-refractivity contribution in [2.45, 2.75) is 99.4 Å². The van der Waals surface area contributed by atoms with Gasteiger partial charge in [-0.2, -0.15) is 0 Å². The Balaban J connectivity index is 0.00000261. The molecular weight excluding hydrogens is 386 g/mol. The summed E-state index contributed by atoms with van der Waals surface area (Å²) in [6.07, 6.45) is 15.1. The van der Waals surface area contributed by atoms with Gasteiger partial charge in [-0.25, -0.2) is 8.42 Å². The van der Waals surface area contributed by atoms with Crippen LogP contribution in [0.5, 0.6) is 0 Å². The Kier molecular flexibility index (Phi) is 9.79. The molecule has 27 heavy (non-hydrogen) atoms. The first kappa shape index (κ1) is 23.8. The predicted molar refractivity (Wildman–Crippen MR) is 108 cm³/mol. The minimum atomic E-state index is -4.34. The summed E-state index contributed by atoms with van der Waals surface area (Å²) < 4.78 is 33.4. The van der Waals surface area contributed by atoms with Crippen LogP contribution >= 0.6 is 7.92 Å². The summed E-state index contributed by atoms with van der Waals surface area (Å²) in [5.74, 6) is 0. The summed E-state index contributed by atoms with van der Waals surface area (Å²) in [4.78, 5) is -0.115. The zero-order valence-electron chi connectivity index (χ0n) is 16.9. The molecule has 0 aliphatic heterocycles. The van der Waals surface area contributed by atoms with E-state index < -0.39 is 10.1 Å². The maximum absolute atomic E-state index is 11.1. The molecule has 0 radical (unpaired) electrons. The van der Waals surface area contributed by atoms with Crippen LogP contribution < -0.4 is 29.6 Å². The normalized spacial score (nSPS) is 21.0. The van der Waals surface area contributed by atoms with E-state index in [1.54, 1.807) is 0 Å². The molecule has 2 fully saturated rings. The topological polar surface area (TPSA) is 57.2 Å². The van der Waals surface area contributed by atoms with Crippen molar-refractivity contribution in [1.29, 1.82) is 0 Å². The van der Waals surface area contributed by atoms with Crippen molar-refractivity contribution in [2.24, 2.45) is 0 Å². The predicted octanol–water partition coefficient (Wildman–Crippen LogP) is 2.67. The molecule has 146 valence electrons. The first-order chi connectivity index (χ1) is 12.4. The average Bonchev–Trinajstić information content (AvgIpc) is 2.63. The summed E-state index contributed by atoms with van der Waals surface area (Å²) in [6, 6.07) is 6.65. The maximum atomic E-state index is 11.1. The van der Waals surface area contributed by atoms with Crippen LogP contribution in [0.25, 0.3) is 0 Å².